The molecule has 5 aliphatic rings. The lowest BCUT2D eigenvalue weighted by Gasteiger charge is -2.39. The molecule has 4 bridgehead atoms. The van der Waals surface area contributed by atoms with Crippen molar-refractivity contribution in [3.63, 3.8) is 0 Å². The predicted octanol–water partition coefficient (Wildman–Crippen LogP) is 1.54. The maximum atomic E-state index is 13.1. The molecular weight excluding hydrogens is 252 g/mol. The van der Waals surface area contributed by atoms with Gasteiger partial charge < -0.3 is 10.6 Å². The van der Waals surface area contributed by atoms with Crippen LogP contribution in [0.5, 0.6) is 0 Å². The summed E-state index contributed by atoms with van der Waals surface area (Å²) in [7, 11) is 0. The van der Waals surface area contributed by atoms with E-state index in [0.29, 0.717) is 11.8 Å². The van der Waals surface area contributed by atoms with Gasteiger partial charge in [0.1, 0.15) is 0 Å². The van der Waals surface area contributed by atoms with E-state index in [4.69, 9.17) is 5.73 Å². The number of carbonyl (C=O) groups is 2. The summed E-state index contributed by atoms with van der Waals surface area (Å²) in [4.78, 5) is 26.3. The van der Waals surface area contributed by atoms with E-state index >= 15 is 0 Å². The van der Waals surface area contributed by atoms with E-state index in [1.54, 1.807) is 0 Å². The molecule has 0 aromatic heterocycles. The molecule has 0 radical (unpaired) electrons. The van der Waals surface area contributed by atoms with Gasteiger partial charge in [0.2, 0.25) is 11.8 Å². The largest absolute Gasteiger partial charge is 0.369 e. The lowest BCUT2D eigenvalue weighted by Crippen LogP contribution is -2.49. The molecule has 0 aromatic carbocycles. The fourth-order valence-corrected chi connectivity index (χ4v) is 5.83. The smallest absolute Gasteiger partial charge is 0.229 e. The third-order valence-electron chi connectivity index (χ3n) is 6.60. The third-order valence-corrected chi connectivity index (χ3v) is 6.60. The quantitative estimate of drug-likeness (QED) is 0.831. The van der Waals surface area contributed by atoms with Gasteiger partial charge in [-0.05, 0) is 62.7 Å². The van der Waals surface area contributed by atoms with Crippen LogP contribution in [0, 0.1) is 29.1 Å². The van der Waals surface area contributed by atoms with Gasteiger partial charge >= 0.3 is 0 Å². The number of hydrogen-bond donors (Lipinski definition) is 1. The maximum absolute atomic E-state index is 13.1. The van der Waals surface area contributed by atoms with E-state index in [2.05, 4.69) is 0 Å². The Kier molecular flexibility index (Phi) is 2.67. The molecular formula is C16H24N2O2. The number of nitrogens with zero attached hydrogens (tertiary/aromatic N) is 1. The van der Waals surface area contributed by atoms with Crippen molar-refractivity contribution in [2.24, 2.45) is 34.8 Å². The molecule has 2 N–H and O–H groups in total. The van der Waals surface area contributed by atoms with Gasteiger partial charge in [-0.15, -0.1) is 0 Å². The van der Waals surface area contributed by atoms with Gasteiger partial charge in [-0.3, -0.25) is 9.59 Å². The molecule has 4 heteroatoms. The molecule has 5 rings (SSSR count). The predicted molar refractivity (Wildman–Crippen MR) is 74.5 cm³/mol. The molecule has 2 amide bonds. The number of piperidine rings is 1. The number of rotatable bonds is 2. The molecule has 0 aromatic rings. The Labute approximate surface area is 120 Å². The first kappa shape index (κ1) is 12.7. The molecule has 5 fully saturated rings. The van der Waals surface area contributed by atoms with Crippen molar-refractivity contribution < 1.29 is 9.59 Å². The van der Waals surface area contributed by atoms with Crippen molar-refractivity contribution >= 4 is 11.8 Å². The molecule has 110 valence electrons. The number of carbonyl (C=O) groups excluding carboxylic acids is 2. The fourth-order valence-electron chi connectivity index (χ4n) is 5.83. The van der Waals surface area contributed by atoms with E-state index in [9.17, 15) is 9.59 Å². The number of amides is 2. The Hall–Kier alpha value is -1.06. The Morgan fingerprint density at radius 2 is 1.60 bits per heavy atom. The van der Waals surface area contributed by atoms with Gasteiger partial charge in [-0.1, -0.05) is 0 Å². The molecule has 4 saturated carbocycles. The minimum atomic E-state index is -0.198. The Morgan fingerprint density at radius 1 is 1.00 bits per heavy atom. The highest BCUT2D eigenvalue weighted by atomic mass is 16.2. The molecule has 1 aliphatic heterocycles. The second kappa shape index (κ2) is 4.22. The zero-order valence-electron chi connectivity index (χ0n) is 12.0. The van der Waals surface area contributed by atoms with Crippen LogP contribution < -0.4 is 5.73 Å². The molecule has 4 nitrogen and oxygen atoms in total. The van der Waals surface area contributed by atoms with Crippen LogP contribution in [0.3, 0.4) is 0 Å². The van der Waals surface area contributed by atoms with Crippen LogP contribution in [0.25, 0.3) is 0 Å². The summed E-state index contributed by atoms with van der Waals surface area (Å²) in [5.74, 6) is 2.49. The van der Waals surface area contributed by atoms with Crippen LogP contribution in [-0.4, -0.2) is 29.8 Å². The Bertz CT molecular complexity index is 439. The molecule has 4 aliphatic carbocycles. The topological polar surface area (TPSA) is 63.4 Å². The normalized spacial score (nSPS) is 43.2. The average molecular weight is 276 g/mol. The lowest BCUT2D eigenvalue weighted by atomic mass is 9.74. The summed E-state index contributed by atoms with van der Waals surface area (Å²) in [6.07, 6.45) is 7.75. The summed E-state index contributed by atoms with van der Waals surface area (Å²) >= 11 is 0. The second-order valence-electron chi connectivity index (χ2n) is 7.67. The van der Waals surface area contributed by atoms with Crippen LogP contribution in [0.2, 0.25) is 0 Å². The third kappa shape index (κ3) is 1.66. The Balaban J connectivity index is 1.48. The summed E-state index contributed by atoms with van der Waals surface area (Å²) < 4.78 is 0. The standard InChI is InChI=1S/C16H24N2O2/c17-14(19)12-1-3-18(4-2-12)15(20)16-8-10-5-11(9-16)7-13(16)6-10/h10-13H,1-9H2,(H2,17,19). The molecule has 2 unspecified atom stereocenters. The first-order valence-electron chi connectivity index (χ1n) is 8.17. The molecule has 1 saturated heterocycles. The summed E-state index contributed by atoms with van der Waals surface area (Å²) in [5.41, 5.74) is 5.37. The van der Waals surface area contributed by atoms with Gasteiger partial charge in [-0.25, -0.2) is 0 Å². The van der Waals surface area contributed by atoms with Crippen LogP contribution >= 0.6 is 0 Å². The minimum Gasteiger partial charge on any atom is -0.369 e. The van der Waals surface area contributed by atoms with Gasteiger partial charge in [0.15, 0.2) is 0 Å². The maximum Gasteiger partial charge on any atom is 0.229 e. The van der Waals surface area contributed by atoms with Crippen molar-refractivity contribution in [3.05, 3.63) is 0 Å². The monoisotopic (exact) mass is 276 g/mol. The van der Waals surface area contributed by atoms with E-state index in [0.717, 1.165) is 50.6 Å². The number of hydrogen-bond acceptors (Lipinski definition) is 2. The zero-order chi connectivity index (χ0) is 13.9. The first-order chi connectivity index (χ1) is 9.58. The highest BCUT2D eigenvalue weighted by molar-refractivity contribution is 5.85. The van der Waals surface area contributed by atoms with Crippen molar-refractivity contribution in [2.45, 2.75) is 44.9 Å². The summed E-state index contributed by atoms with van der Waals surface area (Å²) in [6, 6.07) is 0. The van der Waals surface area contributed by atoms with Crippen molar-refractivity contribution in [1.82, 2.24) is 4.90 Å². The van der Waals surface area contributed by atoms with E-state index in [1.807, 2.05) is 4.90 Å². The zero-order valence-corrected chi connectivity index (χ0v) is 12.0. The van der Waals surface area contributed by atoms with Gasteiger partial charge in [-0.2, -0.15) is 0 Å². The first-order valence-corrected chi connectivity index (χ1v) is 8.17. The molecule has 1 heterocycles. The van der Waals surface area contributed by atoms with Crippen LogP contribution in [0.15, 0.2) is 0 Å². The fraction of sp³-hybridized carbons (Fsp3) is 0.875. The van der Waals surface area contributed by atoms with E-state index in [1.165, 1.54) is 19.3 Å². The highest BCUT2D eigenvalue weighted by Crippen LogP contribution is 2.66. The van der Waals surface area contributed by atoms with Crippen molar-refractivity contribution in [2.75, 3.05) is 13.1 Å². The SMILES string of the molecule is NC(=O)C1CCN(C(=O)C23CC4CC(CC2C4)C3)CC1. The van der Waals surface area contributed by atoms with Crippen LogP contribution in [0.4, 0.5) is 0 Å². The van der Waals surface area contributed by atoms with E-state index in [-0.39, 0.29) is 17.2 Å². The second-order valence-corrected chi connectivity index (χ2v) is 7.67. The minimum absolute atomic E-state index is 0.00680. The lowest BCUT2D eigenvalue weighted by molar-refractivity contribution is -0.146. The van der Waals surface area contributed by atoms with E-state index < -0.39 is 0 Å². The molecule has 0 spiro atoms. The van der Waals surface area contributed by atoms with Crippen LogP contribution in [-0.2, 0) is 9.59 Å². The van der Waals surface area contributed by atoms with Crippen molar-refractivity contribution in [1.29, 1.82) is 0 Å². The van der Waals surface area contributed by atoms with Crippen LogP contribution in [0.1, 0.15) is 44.9 Å². The Morgan fingerprint density at radius 3 is 2.15 bits per heavy atom. The molecule has 20 heavy (non-hydrogen) atoms. The number of likely N-dealkylation sites (tertiary alicyclic amines) is 1. The van der Waals surface area contributed by atoms with Crippen molar-refractivity contribution in [3.8, 4) is 0 Å². The number of primary amides is 1. The summed E-state index contributed by atoms with van der Waals surface area (Å²) in [5, 5.41) is 0. The molecule has 2 atom stereocenters. The van der Waals surface area contributed by atoms with Gasteiger partial charge in [0.05, 0.1) is 5.41 Å². The van der Waals surface area contributed by atoms with Gasteiger partial charge in [0.25, 0.3) is 0 Å². The number of nitrogens with two attached hydrogens (primary N) is 1. The van der Waals surface area contributed by atoms with Gasteiger partial charge in [0, 0.05) is 19.0 Å². The summed E-state index contributed by atoms with van der Waals surface area (Å²) in [6.45, 7) is 1.46. The average Bonchev–Trinajstić information content (AvgIpc) is 2.84. The highest BCUT2D eigenvalue weighted by Gasteiger charge is 2.62.